The second kappa shape index (κ2) is 6.97. The molecule has 2 unspecified atom stereocenters. The summed E-state index contributed by atoms with van der Waals surface area (Å²) in [6, 6.07) is 0. The predicted molar refractivity (Wildman–Crippen MR) is 87.9 cm³/mol. The molecular weight excluding hydrogens is 362 g/mol. The van der Waals surface area contributed by atoms with E-state index in [4.69, 9.17) is 8.85 Å². The zero-order chi connectivity index (χ0) is 22.9. The van der Waals surface area contributed by atoms with Gasteiger partial charge in [0.2, 0.25) is 5.60 Å². The Labute approximate surface area is 158 Å². The van der Waals surface area contributed by atoms with Gasteiger partial charge in [-0.05, 0) is 20.7 Å². The number of allylic oxidation sites excluding steroid dienone is 1. The maximum absolute atomic E-state index is 12.6. The molecule has 0 aromatic heterocycles. The van der Waals surface area contributed by atoms with Crippen LogP contribution in [-0.4, -0.2) is 78.3 Å². The van der Waals surface area contributed by atoms with Crippen LogP contribution in [0.4, 0.5) is 0 Å². The first-order valence-corrected chi connectivity index (χ1v) is 7.64. The second-order valence-corrected chi connectivity index (χ2v) is 6.19. The Kier molecular flexibility index (Phi) is 4.32. The number of Topliss-reactive ketones (excluding diaryl/α,β-unsaturated/α-hetero) is 3. The minimum absolute atomic E-state index is 0.0251. The average molecular weight is 386 g/mol. The standard InChI is InChI=1S/C17H21NO9/c1-8(19)12(22)13-16(25,9(2)20)17(26,10(3)21)15(27-13)18-6-4-5-11(7-18)14(23)24/h4,6-7,12-13,15,22,25-26H,5H2,1-3H3,(H,23,24)/t12?,13-,15?,16-,17+/m1/s1/i1D,2D,3D. The van der Waals surface area contributed by atoms with Gasteiger partial charge in [0.05, 0.1) is 5.57 Å². The van der Waals surface area contributed by atoms with Gasteiger partial charge in [-0.3, -0.25) is 14.4 Å². The molecule has 0 amide bonds. The van der Waals surface area contributed by atoms with E-state index in [-0.39, 0.29) is 12.0 Å². The molecular formula is C17H21NO9. The number of aliphatic hydroxyl groups excluding tert-OH is 1. The van der Waals surface area contributed by atoms with Gasteiger partial charge < -0.3 is 30.1 Å². The maximum atomic E-state index is 12.6. The number of hydrogen-bond donors (Lipinski definition) is 4. The Morgan fingerprint density at radius 1 is 1.22 bits per heavy atom. The van der Waals surface area contributed by atoms with Crippen LogP contribution in [0.2, 0.25) is 0 Å². The van der Waals surface area contributed by atoms with Gasteiger partial charge in [-0.25, -0.2) is 4.79 Å². The number of rotatable bonds is 6. The smallest absolute Gasteiger partial charge is 0.333 e. The maximum Gasteiger partial charge on any atom is 0.333 e. The van der Waals surface area contributed by atoms with E-state index in [0.29, 0.717) is 0 Å². The molecule has 2 aliphatic rings. The molecule has 0 saturated carbocycles. The average Bonchev–Trinajstić information content (AvgIpc) is 3.00. The van der Waals surface area contributed by atoms with Gasteiger partial charge >= 0.3 is 5.97 Å². The highest BCUT2D eigenvalue weighted by atomic mass is 16.6. The number of ketones is 3. The molecule has 2 heterocycles. The Morgan fingerprint density at radius 2 is 1.85 bits per heavy atom. The number of nitrogens with zero attached hydrogens (tertiary/aromatic N) is 1. The highest BCUT2D eigenvalue weighted by Crippen LogP contribution is 2.45. The summed E-state index contributed by atoms with van der Waals surface area (Å²) in [5.41, 5.74) is -6.75. The SMILES string of the molecule is [2H]CC(=O)C(O)[C@H]1OC(N2C=CCC(C(=O)O)=C2)[C@@](O)(C(=O)C[2H])[C@@]1(O)C(=O)C[2H]. The number of ether oxygens (including phenoxy) is 1. The third kappa shape index (κ3) is 3.00. The van der Waals surface area contributed by atoms with Crippen molar-refractivity contribution in [3.05, 3.63) is 24.0 Å². The zero-order valence-electron chi connectivity index (χ0n) is 17.1. The zero-order valence-corrected chi connectivity index (χ0v) is 14.1. The number of aliphatic carboxylic acids is 1. The first-order valence-electron chi connectivity index (χ1n) is 9.76. The second-order valence-electron chi connectivity index (χ2n) is 6.19. The molecule has 0 spiro atoms. The Morgan fingerprint density at radius 3 is 2.41 bits per heavy atom. The van der Waals surface area contributed by atoms with Crippen molar-refractivity contribution in [3.8, 4) is 0 Å². The molecule has 0 aliphatic carbocycles. The predicted octanol–water partition coefficient (Wildman–Crippen LogP) is -1.51. The highest BCUT2D eigenvalue weighted by Gasteiger charge is 2.73. The van der Waals surface area contributed by atoms with Gasteiger partial charge in [0.25, 0.3) is 0 Å². The van der Waals surface area contributed by atoms with E-state index in [2.05, 4.69) is 0 Å². The third-order valence-electron chi connectivity index (χ3n) is 4.56. The van der Waals surface area contributed by atoms with Crippen LogP contribution in [-0.2, 0) is 23.9 Å². The highest BCUT2D eigenvalue weighted by molar-refractivity contribution is 6.00. The van der Waals surface area contributed by atoms with Crippen LogP contribution in [0.3, 0.4) is 0 Å². The van der Waals surface area contributed by atoms with Crippen LogP contribution in [0.25, 0.3) is 0 Å². The first kappa shape index (κ1) is 16.8. The van der Waals surface area contributed by atoms with E-state index in [1.54, 1.807) is 0 Å². The number of carbonyl (C=O) groups excluding carboxylic acids is 3. The number of aliphatic hydroxyl groups is 3. The minimum atomic E-state index is -3.32. The van der Waals surface area contributed by atoms with Crippen LogP contribution in [0, 0.1) is 0 Å². The van der Waals surface area contributed by atoms with Crippen LogP contribution in [0.5, 0.6) is 0 Å². The summed E-state index contributed by atoms with van der Waals surface area (Å²) in [7, 11) is 0. The van der Waals surface area contributed by atoms with Crippen molar-refractivity contribution in [1.82, 2.24) is 4.90 Å². The molecule has 27 heavy (non-hydrogen) atoms. The lowest BCUT2D eigenvalue weighted by molar-refractivity contribution is -0.184. The van der Waals surface area contributed by atoms with Crippen LogP contribution in [0.15, 0.2) is 24.0 Å². The minimum Gasteiger partial charge on any atom is -0.478 e. The summed E-state index contributed by atoms with van der Waals surface area (Å²) in [5, 5.41) is 41.8. The molecule has 148 valence electrons. The molecule has 10 heteroatoms. The molecule has 1 fully saturated rings. The summed E-state index contributed by atoms with van der Waals surface area (Å²) < 4.78 is 27.1. The van der Waals surface area contributed by atoms with E-state index in [9.17, 15) is 39.6 Å². The summed E-state index contributed by atoms with van der Waals surface area (Å²) in [4.78, 5) is 49.1. The number of carboxylic acids is 1. The fourth-order valence-electron chi connectivity index (χ4n) is 3.09. The molecule has 5 atom stereocenters. The van der Waals surface area contributed by atoms with Crippen molar-refractivity contribution in [2.24, 2.45) is 0 Å². The Hall–Kier alpha value is -2.40. The Bertz CT molecular complexity index is 816. The molecule has 2 aliphatic heterocycles. The number of carbonyl (C=O) groups is 4. The van der Waals surface area contributed by atoms with Gasteiger partial charge in [-0.2, -0.15) is 0 Å². The quantitative estimate of drug-likeness (QED) is 0.422. The third-order valence-corrected chi connectivity index (χ3v) is 4.56. The Balaban J connectivity index is 2.70. The van der Waals surface area contributed by atoms with Crippen molar-refractivity contribution in [3.63, 3.8) is 0 Å². The molecule has 1 saturated heterocycles. The monoisotopic (exact) mass is 386 g/mol. The van der Waals surface area contributed by atoms with Crippen LogP contribution >= 0.6 is 0 Å². The van der Waals surface area contributed by atoms with Crippen LogP contribution in [0.1, 0.15) is 31.2 Å². The normalized spacial score (nSPS) is 35.6. The molecule has 0 radical (unpaired) electrons. The summed E-state index contributed by atoms with van der Waals surface area (Å²) in [6.07, 6.45) is -3.15. The fourth-order valence-corrected chi connectivity index (χ4v) is 3.09. The lowest BCUT2D eigenvalue weighted by Crippen LogP contribution is -2.69. The van der Waals surface area contributed by atoms with Crippen molar-refractivity contribution in [2.75, 3.05) is 0 Å². The van der Waals surface area contributed by atoms with Crippen molar-refractivity contribution in [2.45, 2.75) is 56.8 Å². The van der Waals surface area contributed by atoms with Crippen LogP contribution < -0.4 is 0 Å². The molecule has 10 nitrogen and oxygen atoms in total. The largest absolute Gasteiger partial charge is 0.478 e. The topological polar surface area (TPSA) is 162 Å². The van der Waals surface area contributed by atoms with Gasteiger partial charge in [0, 0.05) is 22.9 Å². The van der Waals surface area contributed by atoms with Gasteiger partial charge in [-0.1, -0.05) is 6.08 Å². The lowest BCUT2D eigenvalue weighted by Gasteiger charge is -2.40. The van der Waals surface area contributed by atoms with Gasteiger partial charge in [-0.15, -0.1) is 0 Å². The van der Waals surface area contributed by atoms with E-state index in [1.165, 1.54) is 12.3 Å². The lowest BCUT2D eigenvalue weighted by atomic mass is 9.73. The summed E-state index contributed by atoms with van der Waals surface area (Å²) in [6.45, 7) is -3.30. The fraction of sp³-hybridized carbons (Fsp3) is 0.529. The first-order chi connectivity index (χ1) is 14.0. The molecule has 2 rings (SSSR count). The van der Waals surface area contributed by atoms with Gasteiger partial charge in [0.15, 0.2) is 29.2 Å². The molecule has 4 N–H and O–H groups in total. The summed E-state index contributed by atoms with van der Waals surface area (Å²) in [5.74, 6) is -5.43. The number of hydrogen-bond acceptors (Lipinski definition) is 9. The van der Waals surface area contributed by atoms with E-state index in [1.807, 2.05) is 0 Å². The van der Waals surface area contributed by atoms with Crippen molar-refractivity contribution >= 4 is 23.3 Å². The van der Waals surface area contributed by atoms with E-state index >= 15 is 0 Å². The molecule has 0 aromatic rings. The van der Waals surface area contributed by atoms with E-state index in [0.717, 1.165) is 11.1 Å². The number of carboxylic acid groups (broad SMARTS) is 1. The molecule has 0 aromatic carbocycles. The van der Waals surface area contributed by atoms with Crippen molar-refractivity contribution < 1.29 is 48.5 Å². The molecule has 0 bridgehead atoms. The van der Waals surface area contributed by atoms with Crippen molar-refractivity contribution in [1.29, 1.82) is 0 Å². The van der Waals surface area contributed by atoms with E-state index < -0.39 is 73.7 Å². The van der Waals surface area contributed by atoms with Gasteiger partial charge in [0.1, 0.15) is 12.2 Å². The summed E-state index contributed by atoms with van der Waals surface area (Å²) >= 11 is 0.